The molecule has 0 N–H and O–H groups in total. The molecule has 0 amide bonds. The quantitative estimate of drug-likeness (QED) is 0.441. The summed E-state index contributed by atoms with van der Waals surface area (Å²) in [4.78, 5) is 5.22. The maximum absolute atomic E-state index is 5.22. The molecule has 4 rings (SSSR count). The molecule has 130 valence electrons. The lowest BCUT2D eigenvalue weighted by atomic mass is 10.1. The summed E-state index contributed by atoms with van der Waals surface area (Å²) >= 11 is 0. The van der Waals surface area contributed by atoms with Crippen LogP contribution in [0.3, 0.4) is 0 Å². The molecule has 0 radical (unpaired) electrons. The van der Waals surface area contributed by atoms with E-state index < -0.39 is 0 Å². The molecule has 0 atom stereocenters. The lowest BCUT2D eigenvalue weighted by Crippen LogP contribution is -2.21. The van der Waals surface area contributed by atoms with Crippen LogP contribution in [0.1, 0.15) is 36.5 Å². The molecule has 1 heteroatoms. The maximum atomic E-state index is 5.22. The van der Waals surface area contributed by atoms with E-state index in [4.69, 9.17) is 4.99 Å². The molecule has 0 aliphatic rings. The second kappa shape index (κ2) is 6.57. The Morgan fingerprint density at radius 2 is 1.54 bits per heavy atom. The van der Waals surface area contributed by atoms with Gasteiger partial charge in [0.05, 0.1) is 11.0 Å². The van der Waals surface area contributed by atoms with Gasteiger partial charge in [0.15, 0.2) is 0 Å². The van der Waals surface area contributed by atoms with Gasteiger partial charge in [-0.3, -0.25) is 0 Å². The fraction of sp³-hybridized carbons (Fsp3) is 0.240. The van der Waals surface area contributed by atoms with E-state index in [9.17, 15) is 0 Å². The van der Waals surface area contributed by atoms with Gasteiger partial charge in [0.1, 0.15) is 0 Å². The highest BCUT2D eigenvalue weighted by atomic mass is 14.7. The number of hydrogen-bond donors (Lipinski definition) is 0. The minimum Gasteiger partial charge on any atom is -0.247 e. The van der Waals surface area contributed by atoms with Gasteiger partial charge in [-0.15, -0.1) is 0 Å². The molecule has 0 aromatic heterocycles. The summed E-state index contributed by atoms with van der Waals surface area (Å²) in [6.45, 7) is 8.70. The first-order valence-corrected chi connectivity index (χ1v) is 9.49. The van der Waals surface area contributed by atoms with Crippen molar-refractivity contribution >= 4 is 33.3 Å². The van der Waals surface area contributed by atoms with Gasteiger partial charge in [-0.1, -0.05) is 73.5 Å². The minimum atomic E-state index is 1.07. The van der Waals surface area contributed by atoms with E-state index in [0.717, 1.165) is 23.9 Å². The number of unbranched alkanes of at least 4 members (excludes halogenated alkanes) is 1. The molecule has 0 aliphatic carbocycles. The van der Waals surface area contributed by atoms with Crippen molar-refractivity contribution in [3.05, 3.63) is 75.8 Å². The van der Waals surface area contributed by atoms with Crippen molar-refractivity contribution in [1.82, 2.24) is 0 Å². The van der Waals surface area contributed by atoms with Crippen molar-refractivity contribution < 1.29 is 0 Å². The first kappa shape index (κ1) is 16.8. The highest BCUT2D eigenvalue weighted by Crippen LogP contribution is 2.27. The van der Waals surface area contributed by atoms with Crippen LogP contribution in [-0.2, 0) is 0 Å². The standard InChI is InChI=1S/C25H25N/c1-5-6-11-21-20-12-7-9-19-10-8-13-22(23(19)20)25(21)26-24-17(3)14-16(2)15-18(24)4/h7-15H,5-6H2,1-4H3/b21-11-,26-25?. The van der Waals surface area contributed by atoms with Crippen molar-refractivity contribution in [2.75, 3.05) is 0 Å². The normalized spacial score (nSPS) is 13.4. The third-order valence-electron chi connectivity index (χ3n) is 5.20. The van der Waals surface area contributed by atoms with Gasteiger partial charge in [0.25, 0.3) is 0 Å². The molecule has 0 aliphatic heterocycles. The summed E-state index contributed by atoms with van der Waals surface area (Å²) < 4.78 is 0. The van der Waals surface area contributed by atoms with Gasteiger partial charge in [-0.2, -0.15) is 0 Å². The first-order chi connectivity index (χ1) is 12.6. The second-order valence-corrected chi connectivity index (χ2v) is 7.32. The number of rotatable bonds is 3. The summed E-state index contributed by atoms with van der Waals surface area (Å²) in [7, 11) is 0. The van der Waals surface area contributed by atoms with Crippen LogP contribution in [0.4, 0.5) is 5.69 Å². The average molecular weight is 339 g/mol. The van der Waals surface area contributed by atoms with Gasteiger partial charge in [0, 0.05) is 10.6 Å². The molecule has 0 unspecified atom stereocenters. The molecule has 1 nitrogen and oxygen atoms in total. The molecule has 4 aromatic rings. The Labute approximate surface area is 155 Å². The SMILES string of the molecule is CCC/C=c1\c(=Nc2c(C)cc(C)cc2C)c2cccc3cccc1c32. The molecule has 26 heavy (non-hydrogen) atoms. The highest BCUT2D eigenvalue weighted by molar-refractivity contribution is 6.11. The molecular weight excluding hydrogens is 314 g/mol. The van der Waals surface area contributed by atoms with Gasteiger partial charge >= 0.3 is 0 Å². The smallest absolute Gasteiger partial charge is 0.0791 e. The van der Waals surface area contributed by atoms with E-state index in [2.05, 4.69) is 82.3 Å². The fourth-order valence-electron chi connectivity index (χ4n) is 4.11. The average Bonchev–Trinajstić information content (AvgIpc) is 2.91. The van der Waals surface area contributed by atoms with Crippen molar-refractivity contribution in [3.8, 4) is 0 Å². The van der Waals surface area contributed by atoms with Gasteiger partial charge in [-0.05, 0) is 54.5 Å². The van der Waals surface area contributed by atoms with Crippen LogP contribution < -0.4 is 10.6 Å². The summed E-state index contributed by atoms with van der Waals surface area (Å²) in [5, 5.41) is 7.65. The Hall–Kier alpha value is -2.67. The van der Waals surface area contributed by atoms with E-state index in [-0.39, 0.29) is 0 Å². The van der Waals surface area contributed by atoms with Crippen molar-refractivity contribution in [1.29, 1.82) is 0 Å². The Morgan fingerprint density at radius 1 is 0.885 bits per heavy atom. The zero-order chi connectivity index (χ0) is 18.3. The second-order valence-electron chi connectivity index (χ2n) is 7.32. The lowest BCUT2D eigenvalue weighted by Gasteiger charge is -2.06. The summed E-state index contributed by atoms with van der Waals surface area (Å²) in [5.74, 6) is 0. The molecule has 0 spiro atoms. The van der Waals surface area contributed by atoms with Crippen LogP contribution in [0.15, 0.2) is 53.5 Å². The summed E-state index contributed by atoms with van der Waals surface area (Å²) in [6.07, 6.45) is 4.59. The van der Waals surface area contributed by atoms with E-state index in [1.165, 1.54) is 43.5 Å². The largest absolute Gasteiger partial charge is 0.247 e. The monoisotopic (exact) mass is 339 g/mol. The van der Waals surface area contributed by atoms with Crippen molar-refractivity contribution in [3.63, 3.8) is 0 Å². The molecule has 4 aromatic carbocycles. The Bertz CT molecular complexity index is 1190. The Balaban J connectivity index is 2.18. The molecule has 0 bridgehead atoms. The maximum Gasteiger partial charge on any atom is 0.0791 e. The first-order valence-electron chi connectivity index (χ1n) is 9.49. The summed E-state index contributed by atoms with van der Waals surface area (Å²) in [5.41, 5.74) is 4.89. The number of aryl methyl sites for hydroxylation is 3. The number of benzene rings is 3. The van der Waals surface area contributed by atoms with Gasteiger partial charge in [0.2, 0.25) is 0 Å². The zero-order valence-corrected chi connectivity index (χ0v) is 16.1. The molecule has 0 saturated carbocycles. The molecule has 0 saturated heterocycles. The third-order valence-corrected chi connectivity index (χ3v) is 5.20. The van der Waals surface area contributed by atoms with E-state index in [1.54, 1.807) is 0 Å². The van der Waals surface area contributed by atoms with Crippen LogP contribution >= 0.6 is 0 Å². The minimum absolute atomic E-state index is 1.07. The van der Waals surface area contributed by atoms with Crippen LogP contribution in [0, 0.1) is 20.8 Å². The van der Waals surface area contributed by atoms with Crippen LogP contribution in [0.25, 0.3) is 27.6 Å². The third kappa shape index (κ3) is 2.68. The predicted octanol–water partition coefficient (Wildman–Crippen LogP) is 5.89. The summed E-state index contributed by atoms with van der Waals surface area (Å²) in [6, 6.07) is 17.6. The topological polar surface area (TPSA) is 12.4 Å². The van der Waals surface area contributed by atoms with Gasteiger partial charge in [-0.25, -0.2) is 4.99 Å². The molecule has 0 heterocycles. The van der Waals surface area contributed by atoms with Gasteiger partial charge < -0.3 is 0 Å². The van der Waals surface area contributed by atoms with E-state index >= 15 is 0 Å². The molecule has 0 fully saturated rings. The van der Waals surface area contributed by atoms with Crippen LogP contribution in [-0.4, -0.2) is 0 Å². The van der Waals surface area contributed by atoms with Crippen LogP contribution in [0.5, 0.6) is 0 Å². The van der Waals surface area contributed by atoms with E-state index in [0.29, 0.717) is 0 Å². The van der Waals surface area contributed by atoms with Crippen LogP contribution in [0.2, 0.25) is 0 Å². The van der Waals surface area contributed by atoms with Crippen molar-refractivity contribution in [2.24, 2.45) is 4.99 Å². The fourth-order valence-corrected chi connectivity index (χ4v) is 4.11. The predicted molar refractivity (Wildman–Crippen MR) is 113 cm³/mol. The Kier molecular flexibility index (Phi) is 4.24. The Morgan fingerprint density at radius 3 is 2.19 bits per heavy atom. The van der Waals surface area contributed by atoms with E-state index in [1.807, 2.05) is 0 Å². The highest BCUT2D eigenvalue weighted by Gasteiger charge is 2.10. The molecular formula is C25H25N. The zero-order valence-electron chi connectivity index (χ0n) is 16.1. The number of nitrogens with zero attached hydrogens (tertiary/aromatic N) is 1. The lowest BCUT2D eigenvalue weighted by molar-refractivity contribution is 0.991. The van der Waals surface area contributed by atoms with Crippen molar-refractivity contribution in [2.45, 2.75) is 40.5 Å². The number of hydrogen-bond acceptors (Lipinski definition) is 1.